The van der Waals surface area contributed by atoms with Crippen LogP contribution >= 0.6 is 0 Å². The van der Waals surface area contributed by atoms with E-state index in [1.807, 2.05) is 30.3 Å². The number of nitro benzene ring substituents is 1. The maximum absolute atomic E-state index is 12.3. The van der Waals surface area contributed by atoms with E-state index in [2.05, 4.69) is 4.90 Å². The molecule has 1 aliphatic rings. The second-order valence-electron chi connectivity index (χ2n) is 5.98. The second kappa shape index (κ2) is 7.23. The minimum atomic E-state index is -0.388. The minimum absolute atomic E-state index is 0.108. The number of piperazine rings is 1. The molecule has 124 valence electrons. The van der Waals surface area contributed by atoms with Crippen molar-refractivity contribution in [2.24, 2.45) is 0 Å². The van der Waals surface area contributed by atoms with Crippen molar-refractivity contribution in [2.45, 2.75) is 0 Å². The lowest BCUT2D eigenvalue weighted by Crippen LogP contribution is -3.15. The number of Topliss-reactive ketones (excluding diaryl/α,β-unsaturated/α-hetero) is 1. The minimum Gasteiger partial charge on any atom is -0.360 e. The first-order valence-corrected chi connectivity index (χ1v) is 8.05. The molecule has 1 fully saturated rings. The highest BCUT2D eigenvalue weighted by Crippen LogP contribution is 2.19. The van der Waals surface area contributed by atoms with Crippen LogP contribution in [0.1, 0.15) is 10.4 Å². The zero-order chi connectivity index (χ0) is 16.9. The number of nitrogens with zero attached hydrogens (tertiary/aromatic N) is 2. The standard InChI is InChI=1S/C18H19N3O3/c22-18(15-4-2-1-3-5-15)14-19-10-12-20(13-11-19)16-6-8-17(9-7-16)21(23)24/h1-9H,10-14H2/p+1. The van der Waals surface area contributed by atoms with E-state index in [0.717, 1.165) is 37.4 Å². The van der Waals surface area contributed by atoms with E-state index in [1.165, 1.54) is 17.0 Å². The Hall–Kier alpha value is -2.73. The monoisotopic (exact) mass is 326 g/mol. The van der Waals surface area contributed by atoms with Crippen molar-refractivity contribution in [2.75, 3.05) is 37.6 Å². The van der Waals surface area contributed by atoms with Gasteiger partial charge in [-0.1, -0.05) is 30.3 Å². The fraction of sp³-hybridized carbons (Fsp3) is 0.278. The van der Waals surface area contributed by atoms with E-state index in [9.17, 15) is 14.9 Å². The van der Waals surface area contributed by atoms with E-state index in [0.29, 0.717) is 6.54 Å². The number of carbonyl (C=O) groups is 1. The average Bonchev–Trinajstić information content (AvgIpc) is 2.63. The van der Waals surface area contributed by atoms with Gasteiger partial charge in [-0.05, 0) is 12.1 Å². The lowest BCUT2D eigenvalue weighted by molar-refractivity contribution is -0.892. The van der Waals surface area contributed by atoms with Gasteiger partial charge in [0.05, 0.1) is 31.1 Å². The first-order chi connectivity index (χ1) is 11.6. The van der Waals surface area contributed by atoms with Crippen LogP contribution < -0.4 is 9.80 Å². The first-order valence-electron chi connectivity index (χ1n) is 8.05. The highest BCUT2D eigenvalue weighted by molar-refractivity contribution is 5.96. The Morgan fingerprint density at radius 1 is 1.04 bits per heavy atom. The summed E-state index contributed by atoms with van der Waals surface area (Å²) in [6, 6.07) is 16.0. The molecule has 2 aromatic rings. The smallest absolute Gasteiger partial charge is 0.269 e. The molecule has 0 saturated carbocycles. The number of rotatable bonds is 5. The van der Waals surface area contributed by atoms with Gasteiger partial charge in [-0.15, -0.1) is 0 Å². The van der Waals surface area contributed by atoms with Gasteiger partial charge in [-0.3, -0.25) is 14.9 Å². The molecule has 1 aliphatic heterocycles. The number of hydrogen-bond acceptors (Lipinski definition) is 4. The molecule has 24 heavy (non-hydrogen) atoms. The lowest BCUT2D eigenvalue weighted by Gasteiger charge is -2.33. The number of non-ortho nitro benzene ring substituents is 1. The summed E-state index contributed by atoms with van der Waals surface area (Å²) in [5.74, 6) is 0.175. The quantitative estimate of drug-likeness (QED) is 0.509. The van der Waals surface area contributed by atoms with E-state index < -0.39 is 0 Å². The molecule has 0 spiro atoms. The van der Waals surface area contributed by atoms with Crippen molar-refractivity contribution in [1.29, 1.82) is 0 Å². The van der Waals surface area contributed by atoms with Crippen LogP contribution in [0.4, 0.5) is 11.4 Å². The number of carbonyl (C=O) groups excluding carboxylic acids is 1. The Kier molecular flexibility index (Phi) is 4.86. The van der Waals surface area contributed by atoms with Crippen LogP contribution in [0, 0.1) is 10.1 Å². The Labute approximate surface area is 140 Å². The number of hydrogen-bond donors (Lipinski definition) is 1. The highest BCUT2D eigenvalue weighted by Gasteiger charge is 2.23. The molecule has 2 aromatic carbocycles. The van der Waals surface area contributed by atoms with Gasteiger partial charge in [0.2, 0.25) is 5.78 Å². The number of nitro groups is 1. The summed E-state index contributed by atoms with van der Waals surface area (Å²) in [7, 11) is 0. The number of quaternary nitrogens is 1. The summed E-state index contributed by atoms with van der Waals surface area (Å²) < 4.78 is 0. The maximum Gasteiger partial charge on any atom is 0.269 e. The molecule has 0 aliphatic carbocycles. The zero-order valence-corrected chi connectivity index (χ0v) is 13.4. The van der Waals surface area contributed by atoms with Gasteiger partial charge in [-0.2, -0.15) is 0 Å². The van der Waals surface area contributed by atoms with Crippen LogP contribution in [0.5, 0.6) is 0 Å². The number of anilines is 1. The Balaban J connectivity index is 1.54. The molecule has 0 aromatic heterocycles. The van der Waals surface area contributed by atoms with Crippen molar-refractivity contribution >= 4 is 17.2 Å². The summed E-state index contributed by atoms with van der Waals surface area (Å²) >= 11 is 0. The molecular formula is C18H20N3O3+. The van der Waals surface area contributed by atoms with Gasteiger partial charge in [0.15, 0.2) is 0 Å². The molecule has 0 radical (unpaired) electrons. The Bertz CT molecular complexity index is 708. The van der Waals surface area contributed by atoms with Crippen molar-refractivity contribution in [3.05, 3.63) is 70.3 Å². The Morgan fingerprint density at radius 2 is 1.67 bits per heavy atom. The average molecular weight is 326 g/mol. The molecule has 0 bridgehead atoms. The first kappa shape index (κ1) is 16.1. The molecule has 1 saturated heterocycles. The largest absolute Gasteiger partial charge is 0.360 e. The molecule has 3 rings (SSSR count). The summed E-state index contributed by atoms with van der Waals surface area (Å²) in [6.45, 7) is 3.97. The molecule has 0 atom stereocenters. The van der Waals surface area contributed by atoms with Crippen LogP contribution in [-0.4, -0.2) is 43.4 Å². The SMILES string of the molecule is O=C(C[NH+]1CCN(c2ccc([N+](=O)[O-])cc2)CC1)c1ccccc1. The van der Waals surface area contributed by atoms with Crippen molar-refractivity contribution in [3.63, 3.8) is 0 Å². The molecule has 6 heteroatoms. The fourth-order valence-electron chi connectivity index (χ4n) is 3.00. The van der Waals surface area contributed by atoms with Crippen LogP contribution in [0.25, 0.3) is 0 Å². The molecule has 1 N–H and O–H groups in total. The van der Waals surface area contributed by atoms with Crippen molar-refractivity contribution in [1.82, 2.24) is 0 Å². The van der Waals surface area contributed by atoms with Crippen molar-refractivity contribution in [3.8, 4) is 0 Å². The van der Waals surface area contributed by atoms with Crippen LogP contribution in [0.15, 0.2) is 54.6 Å². The predicted octanol–water partition coefficient (Wildman–Crippen LogP) is 1.18. The van der Waals surface area contributed by atoms with Crippen LogP contribution in [0.2, 0.25) is 0 Å². The van der Waals surface area contributed by atoms with Gasteiger partial charge in [-0.25, -0.2) is 0 Å². The van der Waals surface area contributed by atoms with E-state index >= 15 is 0 Å². The molecule has 0 unspecified atom stereocenters. The highest BCUT2D eigenvalue weighted by atomic mass is 16.6. The lowest BCUT2D eigenvalue weighted by atomic mass is 10.1. The van der Waals surface area contributed by atoms with Crippen LogP contribution in [-0.2, 0) is 0 Å². The molecule has 1 heterocycles. The number of benzene rings is 2. The van der Waals surface area contributed by atoms with Gasteiger partial charge >= 0.3 is 0 Å². The van der Waals surface area contributed by atoms with Crippen molar-refractivity contribution < 1.29 is 14.6 Å². The van der Waals surface area contributed by atoms with Gasteiger partial charge in [0.25, 0.3) is 5.69 Å². The van der Waals surface area contributed by atoms with E-state index in [-0.39, 0.29) is 16.4 Å². The topological polar surface area (TPSA) is 67.9 Å². The molecule has 6 nitrogen and oxygen atoms in total. The van der Waals surface area contributed by atoms with E-state index in [4.69, 9.17) is 0 Å². The Morgan fingerprint density at radius 3 is 2.25 bits per heavy atom. The molecule has 0 amide bonds. The number of ketones is 1. The van der Waals surface area contributed by atoms with Gasteiger partial charge in [0.1, 0.15) is 6.54 Å². The van der Waals surface area contributed by atoms with Gasteiger partial charge < -0.3 is 9.80 Å². The summed E-state index contributed by atoms with van der Waals surface area (Å²) in [5, 5.41) is 10.7. The summed E-state index contributed by atoms with van der Waals surface area (Å²) in [6.07, 6.45) is 0. The predicted molar refractivity (Wildman–Crippen MR) is 91.6 cm³/mol. The third kappa shape index (κ3) is 3.78. The number of nitrogens with one attached hydrogen (secondary N) is 1. The second-order valence-corrected chi connectivity index (χ2v) is 5.98. The third-order valence-corrected chi connectivity index (χ3v) is 4.40. The van der Waals surface area contributed by atoms with Crippen LogP contribution in [0.3, 0.4) is 0 Å². The van der Waals surface area contributed by atoms with Gasteiger partial charge in [0, 0.05) is 23.4 Å². The molecular weight excluding hydrogens is 306 g/mol. The van der Waals surface area contributed by atoms with E-state index in [1.54, 1.807) is 12.1 Å². The maximum atomic E-state index is 12.3. The normalized spacial score (nSPS) is 15.2. The zero-order valence-electron chi connectivity index (χ0n) is 13.4. The summed E-state index contributed by atoms with van der Waals surface area (Å²) in [4.78, 5) is 26.1. The third-order valence-electron chi connectivity index (χ3n) is 4.40. The fourth-order valence-corrected chi connectivity index (χ4v) is 3.00. The summed E-state index contributed by atoms with van der Waals surface area (Å²) in [5.41, 5.74) is 1.87.